The lowest BCUT2D eigenvalue weighted by Crippen LogP contribution is -2.14. The molecule has 0 atom stereocenters. The molecule has 0 aliphatic heterocycles. The van der Waals surface area contributed by atoms with Crippen molar-refractivity contribution in [3.05, 3.63) is 102 Å². The van der Waals surface area contributed by atoms with Gasteiger partial charge in [-0.2, -0.15) is 0 Å². The van der Waals surface area contributed by atoms with E-state index in [1.807, 2.05) is 0 Å². The molecule has 3 heteroatoms. The zero-order chi connectivity index (χ0) is 23.1. The maximum atomic E-state index is 5.18. The molecule has 0 bridgehead atoms. The van der Waals surface area contributed by atoms with Gasteiger partial charge in [-0.1, -0.05) is 74.5 Å². The first-order chi connectivity index (χ1) is 17.1. The molecular formula is C32H21N3. The number of aromatic nitrogens is 3. The van der Waals surface area contributed by atoms with Crippen molar-refractivity contribution in [3.63, 3.8) is 0 Å². The van der Waals surface area contributed by atoms with Gasteiger partial charge in [-0.3, -0.25) is 8.80 Å². The molecule has 3 nitrogen and oxygen atoms in total. The number of imidazole rings is 2. The summed E-state index contributed by atoms with van der Waals surface area (Å²) < 4.78 is 4.81. The molecule has 0 unspecified atom stereocenters. The minimum Gasteiger partial charge on any atom is -0.277 e. The standard InChI is InChI=1S/C32H21N3/c1-32(2)23-12-6-5-11-20(23)28-24(32)17-22-21-15-18-9-3-4-10-19(18)16-27(21)35-29(22)30(28)34-26-14-8-7-13-25(26)33-31(34)35/h3-17H,1-2H3. The Hall–Kier alpha value is -4.37. The van der Waals surface area contributed by atoms with Gasteiger partial charge < -0.3 is 0 Å². The predicted molar refractivity (Wildman–Crippen MR) is 145 cm³/mol. The zero-order valence-corrected chi connectivity index (χ0v) is 19.5. The second-order valence-corrected chi connectivity index (χ2v) is 10.5. The van der Waals surface area contributed by atoms with Crippen LogP contribution in [0.4, 0.5) is 0 Å². The minimum atomic E-state index is -0.0684. The highest BCUT2D eigenvalue weighted by molar-refractivity contribution is 6.22. The van der Waals surface area contributed by atoms with E-state index in [1.54, 1.807) is 0 Å². The third-order valence-corrected chi connectivity index (χ3v) is 8.40. The highest BCUT2D eigenvalue weighted by atomic mass is 15.2. The van der Waals surface area contributed by atoms with Crippen LogP contribution >= 0.6 is 0 Å². The molecule has 0 radical (unpaired) electrons. The maximum Gasteiger partial charge on any atom is 0.220 e. The van der Waals surface area contributed by atoms with E-state index in [1.165, 1.54) is 60.3 Å². The van der Waals surface area contributed by atoms with Crippen molar-refractivity contribution in [1.29, 1.82) is 0 Å². The summed E-state index contributed by atoms with van der Waals surface area (Å²) in [6, 6.07) is 33.3. The maximum absolute atomic E-state index is 5.18. The first-order valence-electron chi connectivity index (χ1n) is 12.3. The minimum absolute atomic E-state index is 0.0684. The Balaban J connectivity index is 1.65. The topological polar surface area (TPSA) is 21.7 Å². The van der Waals surface area contributed by atoms with Gasteiger partial charge in [0.05, 0.1) is 27.6 Å². The van der Waals surface area contributed by atoms with Gasteiger partial charge in [0.15, 0.2) is 0 Å². The fraction of sp³-hybridized carbons (Fsp3) is 0.0938. The van der Waals surface area contributed by atoms with Crippen molar-refractivity contribution in [1.82, 2.24) is 13.8 Å². The normalized spacial score (nSPS) is 14.8. The predicted octanol–water partition coefficient (Wildman–Crippen LogP) is 7.94. The van der Waals surface area contributed by atoms with Crippen molar-refractivity contribution in [2.24, 2.45) is 0 Å². The van der Waals surface area contributed by atoms with Gasteiger partial charge in [0.25, 0.3) is 0 Å². The number of fused-ring (bicyclic) bond motifs is 13. The monoisotopic (exact) mass is 447 g/mol. The van der Waals surface area contributed by atoms with E-state index in [2.05, 4.69) is 114 Å². The Morgan fingerprint density at radius 3 is 2.23 bits per heavy atom. The zero-order valence-electron chi connectivity index (χ0n) is 19.5. The van der Waals surface area contributed by atoms with Crippen LogP contribution in [0, 0.1) is 0 Å². The fourth-order valence-electron chi connectivity index (χ4n) is 6.81. The molecule has 35 heavy (non-hydrogen) atoms. The molecule has 8 aromatic rings. The molecule has 9 rings (SSSR count). The summed E-state index contributed by atoms with van der Waals surface area (Å²) >= 11 is 0. The highest BCUT2D eigenvalue weighted by Crippen LogP contribution is 2.54. The van der Waals surface area contributed by atoms with Crippen LogP contribution in [0.25, 0.3) is 66.0 Å². The van der Waals surface area contributed by atoms with Gasteiger partial charge in [0, 0.05) is 21.8 Å². The summed E-state index contributed by atoms with van der Waals surface area (Å²) in [5.41, 5.74) is 11.4. The van der Waals surface area contributed by atoms with E-state index < -0.39 is 0 Å². The fourth-order valence-corrected chi connectivity index (χ4v) is 6.81. The van der Waals surface area contributed by atoms with Crippen molar-refractivity contribution in [2.45, 2.75) is 19.3 Å². The second-order valence-electron chi connectivity index (χ2n) is 10.5. The Kier molecular flexibility index (Phi) is 2.90. The van der Waals surface area contributed by atoms with E-state index in [0.29, 0.717) is 0 Å². The first kappa shape index (κ1) is 18.0. The Labute approximate surface area is 201 Å². The lowest BCUT2D eigenvalue weighted by molar-refractivity contribution is 0.661. The lowest BCUT2D eigenvalue weighted by atomic mass is 9.82. The Morgan fingerprint density at radius 2 is 1.34 bits per heavy atom. The van der Waals surface area contributed by atoms with Crippen LogP contribution in [-0.2, 0) is 5.41 Å². The van der Waals surface area contributed by atoms with Gasteiger partial charge in [-0.25, -0.2) is 4.98 Å². The Morgan fingerprint density at radius 1 is 0.629 bits per heavy atom. The van der Waals surface area contributed by atoms with E-state index in [-0.39, 0.29) is 5.41 Å². The molecule has 3 heterocycles. The smallest absolute Gasteiger partial charge is 0.220 e. The molecule has 0 N–H and O–H groups in total. The number of para-hydroxylation sites is 2. The van der Waals surface area contributed by atoms with Crippen LogP contribution in [0.1, 0.15) is 25.0 Å². The number of hydrogen-bond acceptors (Lipinski definition) is 1. The van der Waals surface area contributed by atoms with Gasteiger partial charge in [0.2, 0.25) is 5.78 Å². The number of hydrogen-bond donors (Lipinski definition) is 0. The summed E-state index contributed by atoms with van der Waals surface area (Å²) in [5.74, 6) is 0.993. The summed E-state index contributed by atoms with van der Waals surface area (Å²) in [7, 11) is 0. The van der Waals surface area contributed by atoms with Crippen molar-refractivity contribution in [3.8, 4) is 11.1 Å². The van der Waals surface area contributed by atoms with Crippen LogP contribution in [0.2, 0.25) is 0 Å². The van der Waals surface area contributed by atoms with E-state index in [0.717, 1.165) is 16.8 Å². The molecule has 0 amide bonds. The van der Waals surface area contributed by atoms with Gasteiger partial charge in [0.1, 0.15) is 0 Å². The van der Waals surface area contributed by atoms with Crippen molar-refractivity contribution < 1.29 is 0 Å². The van der Waals surface area contributed by atoms with Crippen molar-refractivity contribution in [2.75, 3.05) is 0 Å². The van der Waals surface area contributed by atoms with Gasteiger partial charge >= 0.3 is 0 Å². The first-order valence-corrected chi connectivity index (χ1v) is 12.3. The van der Waals surface area contributed by atoms with Crippen LogP contribution in [-0.4, -0.2) is 13.8 Å². The van der Waals surface area contributed by atoms with Crippen molar-refractivity contribution >= 4 is 54.9 Å². The average molecular weight is 448 g/mol. The largest absolute Gasteiger partial charge is 0.277 e. The van der Waals surface area contributed by atoms with E-state index in [4.69, 9.17) is 4.98 Å². The summed E-state index contributed by atoms with van der Waals surface area (Å²) in [5, 5.41) is 5.15. The summed E-state index contributed by atoms with van der Waals surface area (Å²) in [6.45, 7) is 4.74. The SMILES string of the molecule is CC1(C)c2ccccc2-c2c1cc1c3cc4ccccc4cc3n3c1c2n1c2ccccc2nc13. The second kappa shape index (κ2) is 5.64. The third-order valence-electron chi connectivity index (χ3n) is 8.40. The van der Waals surface area contributed by atoms with Gasteiger partial charge in [-0.05, 0) is 57.8 Å². The number of benzene rings is 5. The number of rotatable bonds is 0. The summed E-state index contributed by atoms with van der Waals surface area (Å²) in [6.07, 6.45) is 0. The molecule has 5 aromatic carbocycles. The summed E-state index contributed by atoms with van der Waals surface area (Å²) in [4.78, 5) is 5.18. The molecule has 1 aliphatic carbocycles. The molecule has 0 saturated carbocycles. The molecule has 0 spiro atoms. The molecule has 1 aliphatic rings. The molecule has 164 valence electrons. The van der Waals surface area contributed by atoms with Gasteiger partial charge in [-0.15, -0.1) is 0 Å². The average Bonchev–Trinajstić information content (AvgIpc) is 3.57. The number of nitrogens with zero attached hydrogens (tertiary/aromatic N) is 3. The van der Waals surface area contributed by atoms with Crippen LogP contribution < -0.4 is 0 Å². The van der Waals surface area contributed by atoms with E-state index in [9.17, 15) is 0 Å². The Bertz CT molecular complexity index is 2190. The third kappa shape index (κ3) is 1.92. The lowest BCUT2D eigenvalue weighted by Gasteiger charge is -2.21. The van der Waals surface area contributed by atoms with Crippen LogP contribution in [0.15, 0.2) is 91.0 Å². The molecule has 3 aromatic heterocycles. The quantitative estimate of drug-likeness (QED) is 0.231. The van der Waals surface area contributed by atoms with Crippen LogP contribution in [0.3, 0.4) is 0 Å². The molecular weight excluding hydrogens is 426 g/mol. The molecule has 0 fully saturated rings. The highest BCUT2D eigenvalue weighted by Gasteiger charge is 2.39. The molecule has 0 saturated heterocycles. The van der Waals surface area contributed by atoms with Crippen LogP contribution in [0.5, 0.6) is 0 Å². The van der Waals surface area contributed by atoms with E-state index >= 15 is 0 Å².